The number of aromatic nitrogens is 1. The summed E-state index contributed by atoms with van der Waals surface area (Å²) >= 11 is 12.5. The summed E-state index contributed by atoms with van der Waals surface area (Å²) in [6.45, 7) is 8.82. The molecular weight excluding hydrogens is 507 g/mol. The lowest BCUT2D eigenvalue weighted by molar-refractivity contribution is -0.166. The van der Waals surface area contributed by atoms with Crippen molar-refractivity contribution in [2.45, 2.75) is 65.3 Å². The van der Waals surface area contributed by atoms with Gasteiger partial charge in [-0.15, -0.1) is 0 Å². The molecule has 2 aromatic rings. The summed E-state index contributed by atoms with van der Waals surface area (Å²) in [6.07, 6.45) is 2.29. The first-order valence-corrected chi connectivity index (χ1v) is 12.3. The molecule has 0 atom stereocenters. The van der Waals surface area contributed by atoms with Crippen LogP contribution in [-0.2, 0) is 14.3 Å². The highest BCUT2D eigenvalue weighted by molar-refractivity contribution is 6.34. The molecule has 194 valence electrons. The SMILES string of the molecule is CC(C)Oc1ncc(C(=N)OCC(=O)c2ccc(OC3CC(C(=O)OC(C)(C)C)C3)cc2Cl)cc1Cl. The summed E-state index contributed by atoms with van der Waals surface area (Å²) in [7, 11) is 0. The summed E-state index contributed by atoms with van der Waals surface area (Å²) in [5.41, 5.74) is 0.0378. The Hall–Kier alpha value is -2.84. The number of pyridine rings is 1. The second-order valence-corrected chi connectivity index (χ2v) is 10.6. The molecule has 0 spiro atoms. The van der Waals surface area contributed by atoms with Crippen LogP contribution in [0.4, 0.5) is 0 Å². The minimum absolute atomic E-state index is 0.0985. The van der Waals surface area contributed by atoms with E-state index in [1.54, 1.807) is 18.2 Å². The van der Waals surface area contributed by atoms with Crippen molar-refractivity contribution < 1.29 is 28.5 Å². The van der Waals surface area contributed by atoms with Gasteiger partial charge >= 0.3 is 5.97 Å². The quantitative estimate of drug-likeness (QED) is 0.184. The Bertz CT molecular complexity index is 1140. The number of ketones is 1. The van der Waals surface area contributed by atoms with Crippen molar-refractivity contribution in [2.75, 3.05) is 6.61 Å². The molecule has 1 aromatic heterocycles. The predicted molar refractivity (Wildman–Crippen MR) is 137 cm³/mol. The van der Waals surface area contributed by atoms with Crippen molar-refractivity contribution in [3.05, 3.63) is 51.6 Å². The van der Waals surface area contributed by atoms with E-state index >= 15 is 0 Å². The third-order valence-electron chi connectivity index (χ3n) is 5.14. The highest BCUT2D eigenvalue weighted by Crippen LogP contribution is 2.34. The van der Waals surface area contributed by atoms with E-state index < -0.39 is 11.4 Å². The molecular formula is C26H30Cl2N2O6. The molecule has 1 heterocycles. The molecule has 1 aliphatic rings. The summed E-state index contributed by atoms with van der Waals surface area (Å²) < 4.78 is 22.1. The van der Waals surface area contributed by atoms with Gasteiger partial charge in [0.05, 0.1) is 22.6 Å². The van der Waals surface area contributed by atoms with Gasteiger partial charge in [-0.05, 0) is 71.7 Å². The second-order valence-electron chi connectivity index (χ2n) is 9.80. The maximum absolute atomic E-state index is 12.6. The average Bonchev–Trinajstić information content (AvgIpc) is 2.73. The van der Waals surface area contributed by atoms with E-state index in [0.29, 0.717) is 24.2 Å². The van der Waals surface area contributed by atoms with Gasteiger partial charge in [-0.3, -0.25) is 15.0 Å². The van der Waals surface area contributed by atoms with E-state index in [1.165, 1.54) is 12.3 Å². The molecule has 10 heteroatoms. The number of carbonyl (C=O) groups excluding carboxylic acids is 2. The van der Waals surface area contributed by atoms with E-state index in [-0.39, 0.29) is 58.1 Å². The van der Waals surface area contributed by atoms with Crippen LogP contribution in [0.3, 0.4) is 0 Å². The smallest absolute Gasteiger partial charge is 0.309 e. The summed E-state index contributed by atoms with van der Waals surface area (Å²) in [5.74, 6) is -0.289. The van der Waals surface area contributed by atoms with Gasteiger partial charge in [-0.2, -0.15) is 0 Å². The number of benzene rings is 1. The third-order valence-corrected chi connectivity index (χ3v) is 5.73. The highest BCUT2D eigenvalue weighted by atomic mass is 35.5. The lowest BCUT2D eigenvalue weighted by Gasteiger charge is -2.35. The Morgan fingerprint density at radius 1 is 1.14 bits per heavy atom. The molecule has 0 amide bonds. The average molecular weight is 537 g/mol. The van der Waals surface area contributed by atoms with Crippen molar-refractivity contribution in [1.29, 1.82) is 5.41 Å². The van der Waals surface area contributed by atoms with Gasteiger partial charge in [-0.25, -0.2) is 4.98 Å². The van der Waals surface area contributed by atoms with E-state index in [0.717, 1.165) is 0 Å². The van der Waals surface area contributed by atoms with Crippen LogP contribution in [0.25, 0.3) is 0 Å². The Morgan fingerprint density at radius 2 is 1.83 bits per heavy atom. The van der Waals surface area contributed by atoms with Crippen LogP contribution in [0.2, 0.25) is 10.0 Å². The zero-order chi connectivity index (χ0) is 26.6. The van der Waals surface area contributed by atoms with Crippen LogP contribution < -0.4 is 9.47 Å². The number of ether oxygens (including phenoxy) is 4. The van der Waals surface area contributed by atoms with Crippen molar-refractivity contribution in [3.63, 3.8) is 0 Å². The van der Waals surface area contributed by atoms with Crippen molar-refractivity contribution in [3.8, 4) is 11.6 Å². The fourth-order valence-corrected chi connectivity index (χ4v) is 3.87. The molecule has 0 saturated heterocycles. The van der Waals surface area contributed by atoms with Gasteiger partial charge in [0.25, 0.3) is 0 Å². The number of Topliss-reactive ketones (excluding diaryl/α,β-unsaturated/α-hetero) is 1. The standard InChI is InChI=1S/C26H30Cl2N2O6/c1-14(2)34-24-21(28)10-16(12-30-24)23(29)33-13-22(31)19-7-6-17(11-20(19)27)35-18-8-15(9-18)25(32)36-26(3,4)5/h6-7,10-12,14-15,18,29H,8-9,13H2,1-5H3. The van der Waals surface area contributed by atoms with Crippen molar-refractivity contribution >= 4 is 40.9 Å². The predicted octanol–water partition coefficient (Wildman–Crippen LogP) is 5.90. The summed E-state index contributed by atoms with van der Waals surface area (Å²) in [5, 5.41) is 8.52. The Morgan fingerprint density at radius 3 is 2.42 bits per heavy atom. The van der Waals surface area contributed by atoms with Crippen LogP contribution in [0.5, 0.6) is 11.6 Å². The second kappa shape index (κ2) is 11.5. The number of hydrogen-bond donors (Lipinski definition) is 1. The molecule has 3 rings (SSSR count). The monoisotopic (exact) mass is 536 g/mol. The zero-order valence-electron chi connectivity index (χ0n) is 20.9. The number of nitrogens with one attached hydrogen (secondary N) is 1. The van der Waals surface area contributed by atoms with E-state index in [2.05, 4.69) is 4.98 Å². The molecule has 36 heavy (non-hydrogen) atoms. The molecule has 0 aliphatic heterocycles. The Kier molecular flexibility index (Phi) is 8.84. The van der Waals surface area contributed by atoms with E-state index in [4.69, 9.17) is 47.6 Å². The Balaban J connectivity index is 1.50. The minimum Gasteiger partial charge on any atom is -0.490 e. The molecule has 0 unspecified atom stereocenters. The Labute approximate surface area is 220 Å². The summed E-state index contributed by atoms with van der Waals surface area (Å²) in [6, 6.07) is 6.24. The van der Waals surface area contributed by atoms with Gasteiger partial charge in [0.15, 0.2) is 6.61 Å². The topological polar surface area (TPSA) is 108 Å². The van der Waals surface area contributed by atoms with Gasteiger partial charge < -0.3 is 18.9 Å². The van der Waals surface area contributed by atoms with Crippen molar-refractivity contribution in [2.24, 2.45) is 5.92 Å². The van der Waals surface area contributed by atoms with Crippen LogP contribution in [0, 0.1) is 11.3 Å². The number of hydrogen-bond acceptors (Lipinski definition) is 8. The lowest BCUT2D eigenvalue weighted by atomic mass is 9.82. The number of rotatable bonds is 9. The first-order valence-electron chi connectivity index (χ1n) is 11.6. The van der Waals surface area contributed by atoms with Crippen LogP contribution in [-0.4, -0.2) is 47.1 Å². The first kappa shape index (κ1) is 27.7. The lowest BCUT2D eigenvalue weighted by Crippen LogP contribution is -2.41. The zero-order valence-corrected chi connectivity index (χ0v) is 22.4. The van der Waals surface area contributed by atoms with E-state index in [9.17, 15) is 9.59 Å². The molecule has 1 N–H and O–H groups in total. The number of nitrogens with zero attached hydrogens (tertiary/aromatic N) is 1. The number of esters is 1. The fraction of sp³-hybridized carbons (Fsp3) is 0.462. The maximum atomic E-state index is 12.6. The molecule has 0 bridgehead atoms. The largest absolute Gasteiger partial charge is 0.490 e. The summed E-state index contributed by atoms with van der Waals surface area (Å²) in [4.78, 5) is 28.8. The molecule has 1 saturated carbocycles. The molecule has 1 aliphatic carbocycles. The fourth-order valence-electron chi connectivity index (χ4n) is 3.39. The van der Waals surface area contributed by atoms with Gasteiger partial charge in [0.1, 0.15) is 22.5 Å². The van der Waals surface area contributed by atoms with Gasteiger partial charge in [0.2, 0.25) is 17.6 Å². The molecule has 0 radical (unpaired) electrons. The highest BCUT2D eigenvalue weighted by Gasteiger charge is 2.38. The van der Waals surface area contributed by atoms with Gasteiger partial charge in [-0.1, -0.05) is 23.2 Å². The number of carbonyl (C=O) groups is 2. The van der Waals surface area contributed by atoms with Crippen molar-refractivity contribution in [1.82, 2.24) is 4.98 Å². The molecule has 1 aromatic carbocycles. The minimum atomic E-state index is -0.516. The number of halogens is 2. The first-order chi connectivity index (χ1) is 16.8. The van der Waals surface area contributed by atoms with E-state index in [1.807, 2.05) is 34.6 Å². The van der Waals surface area contributed by atoms with Crippen LogP contribution in [0.15, 0.2) is 30.5 Å². The third kappa shape index (κ3) is 7.58. The molecule has 8 nitrogen and oxygen atoms in total. The maximum Gasteiger partial charge on any atom is 0.309 e. The normalized spacial score (nSPS) is 17.2. The van der Waals surface area contributed by atoms with Crippen LogP contribution >= 0.6 is 23.2 Å². The van der Waals surface area contributed by atoms with Crippen LogP contribution in [0.1, 0.15) is 63.4 Å². The molecule has 1 fully saturated rings. The van der Waals surface area contributed by atoms with Gasteiger partial charge in [0, 0.05) is 11.8 Å².